The molecule has 4 heteroatoms. The van der Waals surface area contributed by atoms with Crippen molar-refractivity contribution in [3.63, 3.8) is 0 Å². The number of hydrogen-bond acceptors (Lipinski definition) is 4. The van der Waals surface area contributed by atoms with E-state index in [1.807, 2.05) is 54.6 Å². The van der Waals surface area contributed by atoms with Crippen LogP contribution in [0.4, 0.5) is 0 Å². The van der Waals surface area contributed by atoms with Gasteiger partial charge in [0.05, 0.1) is 46.5 Å². The molecule has 0 saturated heterocycles. The Morgan fingerprint density at radius 3 is 1.26 bits per heavy atom. The molecule has 54 heavy (non-hydrogen) atoms. The maximum atomic E-state index is 10.6. The van der Waals surface area contributed by atoms with E-state index in [4.69, 9.17) is 0 Å². The topological polar surface area (TPSA) is 95.2 Å². The van der Waals surface area contributed by atoms with E-state index in [-0.39, 0.29) is 11.8 Å². The molecule has 0 aliphatic heterocycles. The van der Waals surface area contributed by atoms with Crippen LogP contribution in [0.15, 0.2) is 146 Å². The highest BCUT2D eigenvalue weighted by Gasteiger charge is 2.33. The van der Waals surface area contributed by atoms with Crippen molar-refractivity contribution in [3.8, 4) is 68.8 Å². The summed E-state index contributed by atoms with van der Waals surface area (Å²) in [5.41, 5.74) is 17.1. The third kappa shape index (κ3) is 5.90. The number of nitrogens with zero attached hydrogens (tertiary/aromatic N) is 4. The fourth-order valence-corrected chi connectivity index (χ4v) is 7.95. The Morgan fingerprint density at radius 1 is 0.389 bits per heavy atom. The van der Waals surface area contributed by atoms with Crippen molar-refractivity contribution in [3.05, 3.63) is 201 Å². The van der Waals surface area contributed by atoms with Crippen molar-refractivity contribution >= 4 is 0 Å². The summed E-state index contributed by atoms with van der Waals surface area (Å²) in [7, 11) is 0. The van der Waals surface area contributed by atoms with Crippen LogP contribution in [0.1, 0.15) is 74.4 Å². The van der Waals surface area contributed by atoms with Gasteiger partial charge in [0.25, 0.3) is 0 Å². The molecule has 0 radical (unpaired) electrons. The first-order valence-corrected chi connectivity index (χ1v) is 17.8. The highest BCUT2D eigenvalue weighted by molar-refractivity contribution is 5.79. The van der Waals surface area contributed by atoms with Crippen LogP contribution in [0.25, 0.3) is 44.5 Å². The van der Waals surface area contributed by atoms with Crippen LogP contribution in [-0.4, -0.2) is 0 Å². The number of aryl methyl sites for hydroxylation is 1. The van der Waals surface area contributed by atoms with Gasteiger partial charge < -0.3 is 0 Å². The second-order valence-corrected chi connectivity index (χ2v) is 13.8. The summed E-state index contributed by atoms with van der Waals surface area (Å²) in [6.07, 6.45) is 0. The van der Waals surface area contributed by atoms with Gasteiger partial charge in [0.2, 0.25) is 0 Å². The monoisotopic (exact) mass is 688 g/mol. The normalized spacial score (nSPS) is 14.0. The maximum Gasteiger partial charge on any atom is 0.0998 e. The predicted molar refractivity (Wildman–Crippen MR) is 213 cm³/mol. The summed E-state index contributed by atoms with van der Waals surface area (Å²) >= 11 is 0. The fraction of sp³-hybridized carbons (Fsp3) is 0.0800. The molecular weight excluding hydrogens is 657 g/mol. The summed E-state index contributed by atoms with van der Waals surface area (Å²) in [5.74, 6) is -0.0403. The third-order valence-electron chi connectivity index (χ3n) is 10.8. The molecule has 0 saturated carbocycles. The summed E-state index contributed by atoms with van der Waals surface area (Å²) in [6, 6.07) is 57.9. The molecule has 7 aromatic carbocycles. The first-order chi connectivity index (χ1) is 26.4. The van der Waals surface area contributed by atoms with Gasteiger partial charge in [0.1, 0.15) is 0 Å². The number of rotatable bonds is 5. The first kappa shape index (κ1) is 33.6. The molecular formula is C50H32N4. The Labute approximate surface area is 315 Å². The predicted octanol–water partition coefficient (Wildman–Crippen LogP) is 11.8. The number of nitriles is 4. The van der Waals surface area contributed by atoms with E-state index in [9.17, 15) is 21.0 Å². The zero-order chi connectivity index (χ0) is 37.3. The number of fused-ring (bicyclic) bond motifs is 2. The molecule has 8 rings (SSSR count). The lowest BCUT2D eigenvalue weighted by Gasteiger charge is -2.35. The van der Waals surface area contributed by atoms with Crippen molar-refractivity contribution in [1.29, 1.82) is 21.0 Å². The minimum Gasteiger partial charge on any atom is -0.192 e. The Balaban J connectivity index is 1.23. The van der Waals surface area contributed by atoms with Gasteiger partial charge in [-0.05, 0) is 133 Å². The molecule has 1 aliphatic rings. The quantitative estimate of drug-likeness (QED) is 0.180. The van der Waals surface area contributed by atoms with Crippen LogP contribution in [0.5, 0.6) is 0 Å². The smallest absolute Gasteiger partial charge is 0.0998 e. The minimum absolute atomic E-state index is 0.102. The van der Waals surface area contributed by atoms with Crippen molar-refractivity contribution < 1.29 is 0 Å². The van der Waals surface area contributed by atoms with Crippen molar-refractivity contribution in [1.82, 2.24) is 0 Å². The highest BCUT2D eigenvalue weighted by Crippen LogP contribution is 2.49. The van der Waals surface area contributed by atoms with Gasteiger partial charge in [0, 0.05) is 11.8 Å². The van der Waals surface area contributed by atoms with E-state index >= 15 is 0 Å². The van der Waals surface area contributed by atoms with Crippen LogP contribution in [0.2, 0.25) is 0 Å². The van der Waals surface area contributed by atoms with Gasteiger partial charge >= 0.3 is 0 Å². The van der Waals surface area contributed by atoms with E-state index in [0.29, 0.717) is 22.3 Å². The Morgan fingerprint density at radius 2 is 0.796 bits per heavy atom. The molecule has 7 aromatic rings. The van der Waals surface area contributed by atoms with Crippen LogP contribution in [0.3, 0.4) is 0 Å². The largest absolute Gasteiger partial charge is 0.192 e. The van der Waals surface area contributed by atoms with E-state index in [0.717, 1.165) is 61.2 Å². The van der Waals surface area contributed by atoms with Gasteiger partial charge in [-0.1, -0.05) is 104 Å². The van der Waals surface area contributed by atoms with Crippen molar-refractivity contribution in [2.24, 2.45) is 0 Å². The van der Waals surface area contributed by atoms with E-state index in [1.165, 1.54) is 16.7 Å². The molecule has 0 bridgehead atoms. The lowest BCUT2D eigenvalue weighted by atomic mass is 9.68. The van der Waals surface area contributed by atoms with Gasteiger partial charge in [-0.3, -0.25) is 0 Å². The first-order valence-electron chi connectivity index (χ1n) is 17.8. The molecule has 2 atom stereocenters. The number of benzene rings is 7. The summed E-state index contributed by atoms with van der Waals surface area (Å²) in [4.78, 5) is 0. The second-order valence-electron chi connectivity index (χ2n) is 13.8. The molecule has 252 valence electrons. The molecule has 4 nitrogen and oxygen atoms in total. The summed E-state index contributed by atoms with van der Waals surface area (Å²) in [6.45, 7) is 4.31. The van der Waals surface area contributed by atoms with E-state index in [1.54, 1.807) is 0 Å². The van der Waals surface area contributed by atoms with E-state index in [2.05, 4.69) is 129 Å². The van der Waals surface area contributed by atoms with Crippen LogP contribution in [0, 0.1) is 52.2 Å². The fourth-order valence-electron chi connectivity index (χ4n) is 7.95. The average molecular weight is 689 g/mol. The lowest BCUT2D eigenvalue weighted by molar-refractivity contribution is 0.791. The van der Waals surface area contributed by atoms with Crippen LogP contribution >= 0.6 is 0 Å². The highest BCUT2D eigenvalue weighted by atomic mass is 14.4. The summed E-state index contributed by atoms with van der Waals surface area (Å²) in [5, 5.41) is 39.3. The van der Waals surface area contributed by atoms with Crippen LogP contribution < -0.4 is 0 Å². The molecule has 0 N–H and O–H groups in total. The van der Waals surface area contributed by atoms with Crippen molar-refractivity contribution in [2.45, 2.75) is 25.7 Å². The lowest BCUT2D eigenvalue weighted by Crippen LogP contribution is -2.19. The van der Waals surface area contributed by atoms with E-state index < -0.39 is 0 Å². The SMILES string of the molecule is Cc1cc(C#N)c(-c2ccc(-c3ccc(C#N)cc3)cc2)cc1C1c2ccccc2C(C)c2cc(-c3ccc(-c4ccc(C#N)cc4)cc3)c(C#N)cc21. The number of hydrogen-bond donors (Lipinski definition) is 0. The van der Waals surface area contributed by atoms with Crippen molar-refractivity contribution in [2.75, 3.05) is 0 Å². The molecule has 0 aromatic heterocycles. The summed E-state index contributed by atoms with van der Waals surface area (Å²) < 4.78 is 0. The maximum absolute atomic E-state index is 10.6. The Kier molecular flexibility index (Phi) is 8.66. The molecule has 1 aliphatic carbocycles. The van der Waals surface area contributed by atoms with Gasteiger partial charge in [-0.15, -0.1) is 0 Å². The average Bonchev–Trinajstić information content (AvgIpc) is 3.24. The van der Waals surface area contributed by atoms with Gasteiger partial charge in [-0.2, -0.15) is 21.0 Å². The Hall–Kier alpha value is -7.50. The second kappa shape index (κ2) is 13.9. The Bertz CT molecular complexity index is 2750. The minimum atomic E-state index is -0.142. The zero-order valence-corrected chi connectivity index (χ0v) is 29.8. The molecule has 2 unspecified atom stereocenters. The molecule has 0 amide bonds. The molecule has 0 spiro atoms. The third-order valence-corrected chi connectivity index (χ3v) is 10.8. The van der Waals surface area contributed by atoms with Crippen LogP contribution in [-0.2, 0) is 0 Å². The molecule has 0 heterocycles. The zero-order valence-electron chi connectivity index (χ0n) is 29.8. The standard InChI is InChI=1S/C50H32N4/c1-31-23-41(29-53)47(39-19-15-37(16-20-39)35-11-7-33(27-51)8-12-35)25-45(31)50-44-6-4-3-5-43(44)32(2)46-26-48(42(30-54)24-49(46)50)40-21-17-38(18-22-40)36-13-9-34(28-52)10-14-36/h3-26,32,50H,1-2H3. The molecule has 0 fully saturated rings. The van der Waals surface area contributed by atoms with Gasteiger partial charge in [-0.25, -0.2) is 0 Å². The van der Waals surface area contributed by atoms with Gasteiger partial charge in [0.15, 0.2) is 0 Å².